The van der Waals surface area contributed by atoms with E-state index >= 15 is 0 Å². The van der Waals surface area contributed by atoms with Crippen molar-refractivity contribution in [3.8, 4) is 0 Å². The Hall–Kier alpha value is -1.56. The first kappa shape index (κ1) is 12.5. The second-order valence-corrected chi connectivity index (χ2v) is 3.61. The highest BCUT2D eigenvalue weighted by atomic mass is 35.5. The van der Waals surface area contributed by atoms with Crippen LogP contribution < -0.4 is 10.6 Å². The van der Waals surface area contributed by atoms with E-state index < -0.39 is 11.9 Å². The number of rotatable bonds is 3. The molecular formula is C9H13ClN4O2. The summed E-state index contributed by atoms with van der Waals surface area (Å²) in [6, 6.07) is 1.11. The Morgan fingerprint density at radius 2 is 2.25 bits per heavy atom. The minimum absolute atomic E-state index is 0.111. The van der Waals surface area contributed by atoms with E-state index in [1.807, 2.05) is 6.92 Å². The van der Waals surface area contributed by atoms with Gasteiger partial charge in [0, 0.05) is 25.4 Å². The molecule has 0 unspecified atom stereocenters. The third-order valence-electron chi connectivity index (χ3n) is 1.82. The van der Waals surface area contributed by atoms with Crippen LogP contribution in [-0.2, 0) is 11.8 Å². The van der Waals surface area contributed by atoms with Crippen LogP contribution in [-0.4, -0.2) is 27.6 Å². The average molecular weight is 245 g/mol. The molecule has 1 aromatic heterocycles. The molecule has 0 aliphatic carbocycles. The van der Waals surface area contributed by atoms with Crippen LogP contribution in [0.25, 0.3) is 0 Å². The lowest BCUT2D eigenvalue weighted by Gasteiger charge is -2.05. The standard InChI is InChI=1S/C9H13ClN4O2/c1-6-5-7(14(2)13-6)11-9(16)12-8(15)3-4-10/h5H,3-4H2,1-2H3,(H2,11,12,15,16). The lowest BCUT2D eigenvalue weighted by Crippen LogP contribution is -2.34. The van der Waals surface area contributed by atoms with Gasteiger partial charge in [0.15, 0.2) is 0 Å². The highest BCUT2D eigenvalue weighted by Gasteiger charge is 2.09. The van der Waals surface area contributed by atoms with Crippen molar-refractivity contribution in [3.05, 3.63) is 11.8 Å². The van der Waals surface area contributed by atoms with Gasteiger partial charge in [-0.05, 0) is 6.92 Å². The number of nitrogens with zero attached hydrogens (tertiary/aromatic N) is 2. The molecule has 1 heterocycles. The summed E-state index contributed by atoms with van der Waals surface area (Å²) >= 11 is 5.36. The first-order valence-electron chi connectivity index (χ1n) is 4.70. The van der Waals surface area contributed by atoms with E-state index in [-0.39, 0.29) is 12.3 Å². The Kier molecular flexibility index (Phi) is 4.30. The molecule has 7 heteroatoms. The zero-order valence-corrected chi connectivity index (χ0v) is 9.84. The molecule has 0 fully saturated rings. The molecule has 88 valence electrons. The first-order valence-corrected chi connectivity index (χ1v) is 5.24. The van der Waals surface area contributed by atoms with Gasteiger partial charge >= 0.3 is 6.03 Å². The zero-order chi connectivity index (χ0) is 12.1. The van der Waals surface area contributed by atoms with Crippen LogP contribution in [0.3, 0.4) is 0 Å². The van der Waals surface area contributed by atoms with Gasteiger partial charge in [0.2, 0.25) is 5.91 Å². The Balaban J connectivity index is 2.52. The number of halogens is 1. The number of amides is 3. The summed E-state index contributed by atoms with van der Waals surface area (Å²) in [7, 11) is 1.70. The molecule has 0 atom stereocenters. The normalized spacial score (nSPS) is 9.94. The Morgan fingerprint density at radius 1 is 1.56 bits per heavy atom. The predicted molar refractivity (Wildman–Crippen MR) is 60.4 cm³/mol. The van der Waals surface area contributed by atoms with Crippen molar-refractivity contribution in [1.82, 2.24) is 15.1 Å². The second kappa shape index (κ2) is 5.50. The molecule has 1 rings (SSSR count). The van der Waals surface area contributed by atoms with Crippen molar-refractivity contribution in [3.63, 3.8) is 0 Å². The molecule has 3 amide bonds. The number of aromatic nitrogens is 2. The maximum absolute atomic E-state index is 11.3. The SMILES string of the molecule is Cc1cc(NC(=O)NC(=O)CCCl)n(C)n1. The van der Waals surface area contributed by atoms with Gasteiger partial charge < -0.3 is 0 Å². The van der Waals surface area contributed by atoms with Crippen molar-refractivity contribution in [1.29, 1.82) is 0 Å². The molecule has 0 aliphatic heterocycles. The highest BCUT2D eigenvalue weighted by Crippen LogP contribution is 2.07. The summed E-state index contributed by atoms with van der Waals surface area (Å²) in [5, 5.41) is 8.71. The van der Waals surface area contributed by atoms with Gasteiger partial charge in [-0.2, -0.15) is 5.10 Å². The van der Waals surface area contributed by atoms with E-state index in [9.17, 15) is 9.59 Å². The topological polar surface area (TPSA) is 76.0 Å². The van der Waals surface area contributed by atoms with Gasteiger partial charge in [-0.15, -0.1) is 11.6 Å². The summed E-state index contributed by atoms with van der Waals surface area (Å²) in [5.41, 5.74) is 0.782. The first-order chi connectivity index (χ1) is 7.52. The van der Waals surface area contributed by atoms with Crippen molar-refractivity contribution in [2.45, 2.75) is 13.3 Å². The van der Waals surface area contributed by atoms with E-state index in [2.05, 4.69) is 15.7 Å². The van der Waals surface area contributed by atoms with Crippen LogP contribution in [0, 0.1) is 6.92 Å². The summed E-state index contributed by atoms with van der Waals surface area (Å²) in [6.07, 6.45) is 0.111. The number of alkyl halides is 1. The number of nitrogens with one attached hydrogen (secondary N) is 2. The third-order valence-corrected chi connectivity index (χ3v) is 2.01. The monoisotopic (exact) mass is 244 g/mol. The Morgan fingerprint density at radius 3 is 2.75 bits per heavy atom. The summed E-state index contributed by atoms with van der Waals surface area (Å²) in [5.74, 6) is 0.296. The minimum Gasteiger partial charge on any atom is -0.292 e. The lowest BCUT2D eigenvalue weighted by atomic mass is 10.4. The van der Waals surface area contributed by atoms with Crippen molar-refractivity contribution in [2.75, 3.05) is 11.2 Å². The molecule has 0 spiro atoms. The van der Waals surface area contributed by atoms with Crippen LogP contribution in [0.5, 0.6) is 0 Å². The second-order valence-electron chi connectivity index (χ2n) is 3.24. The van der Waals surface area contributed by atoms with Crippen molar-refractivity contribution < 1.29 is 9.59 Å². The van der Waals surface area contributed by atoms with E-state index in [4.69, 9.17) is 11.6 Å². The molecule has 6 nitrogen and oxygen atoms in total. The molecule has 0 saturated heterocycles. The summed E-state index contributed by atoms with van der Waals surface area (Å²) in [4.78, 5) is 22.4. The number of hydrogen-bond acceptors (Lipinski definition) is 3. The lowest BCUT2D eigenvalue weighted by molar-refractivity contribution is -0.119. The molecular weight excluding hydrogens is 232 g/mol. The Labute approximate surface area is 98.0 Å². The van der Waals surface area contributed by atoms with Crippen LogP contribution >= 0.6 is 11.6 Å². The summed E-state index contributed by atoms with van der Waals surface area (Å²) < 4.78 is 1.51. The fourth-order valence-electron chi connectivity index (χ4n) is 1.15. The minimum atomic E-state index is -0.585. The fraction of sp³-hybridized carbons (Fsp3) is 0.444. The van der Waals surface area contributed by atoms with Crippen LogP contribution in [0.4, 0.5) is 10.6 Å². The Bertz CT molecular complexity index is 402. The third kappa shape index (κ3) is 3.54. The molecule has 0 bridgehead atoms. The number of carbonyl (C=O) groups is 2. The van der Waals surface area contributed by atoms with Crippen LogP contribution in [0.15, 0.2) is 6.07 Å². The van der Waals surface area contributed by atoms with Gasteiger partial charge in [-0.25, -0.2) is 4.79 Å². The fourth-order valence-corrected chi connectivity index (χ4v) is 1.32. The smallest absolute Gasteiger partial charge is 0.292 e. The van der Waals surface area contributed by atoms with Gasteiger partial charge in [0.05, 0.1) is 5.69 Å². The molecule has 16 heavy (non-hydrogen) atoms. The number of urea groups is 1. The molecule has 0 saturated carbocycles. The maximum Gasteiger partial charge on any atom is 0.327 e. The number of hydrogen-bond donors (Lipinski definition) is 2. The van der Waals surface area contributed by atoms with Crippen LogP contribution in [0.2, 0.25) is 0 Å². The maximum atomic E-state index is 11.3. The van der Waals surface area contributed by atoms with Crippen molar-refractivity contribution in [2.24, 2.45) is 7.05 Å². The number of aryl methyl sites for hydroxylation is 2. The van der Waals surface area contributed by atoms with Crippen LogP contribution in [0.1, 0.15) is 12.1 Å². The molecule has 0 aliphatic rings. The zero-order valence-electron chi connectivity index (χ0n) is 9.08. The number of carbonyl (C=O) groups excluding carboxylic acids is 2. The molecule has 0 radical (unpaired) electrons. The van der Waals surface area contributed by atoms with Crippen molar-refractivity contribution >= 4 is 29.4 Å². The van der Waals surface area contributed by atoms with Gasteiger partial charge in [-0.1, -0.05) is 0 Å². The predicted octanol–water partition coefficient (Wildman–Crippen LogP) is 1.01. The number of imide groups is 1. The van der Waals surface area contributed by atoms with Gasteiger partial charge in [0.25, 0.3) is 0 Å². The number of anilines is 1. The van der Waals surface area contributed by atoms with E-state index in [0.717, 1.165) is 5.69 Å². The van der Waals surface area contributed by atoms with E-state index in [1.54, 1.807) is 13.1 Å². The largest absolute Gasteiger partial charge is 0.327 e. The van der Waals surface area contributed by atoms with Gasteiger partial charge in [-0.3, -0.25) is 20.1 Å². The quantitative estimate of drug-likeness (QED) is 0.779. The molecule has 1 aromatic rings. The van der Waals surface area contributed by atoms with E-state index in [0.29, 0.717) is 5.82 Å². The van der Waals surface area contributed by atoms with Gasteiger partial charge in [0.1, 0.15) is 5.82 Å². The highest BCUT2D eigenvalue weighted by molar-refractivity contribution is 6.19. The molecule has 0 aromatic carbocycles. The molecule has 2 N–H and O–H groups in total. The van der Waals surface area contributed by atoms with E-state index in [1.165, 1.54) is 4.68 Å². The average Bonchev–Trinajstić information content (AvgIpc) is 2.44. The summed E-state index contributed by atoms with van der Waals surface area (Å²) in [6.45, 7) is 1.81.